The largest absolute Gasteiger partial charge is 0.493 e. The highest BCUT2D eigenvalue weighted by atomic mass is 35.5. The van der Waals surface area contributed by atoms with Crippen LogP contribution in [0.3, 0.4) is 0 Å². The Hall–Kier alpha value is -1.86. The van der Waals surface area contributed by atoms with Crippen LogP contribution in [-0.2, 0) is 0 Å². The van der Waals surface area contributed by atoms with Gasteiger partial charge in [0.25, 0.3) is 5.91 Å². The lowest BCUT2D eigenvalue weighted by molar-refractivity contribution is 0.102. The van der Waals surface area contributed by atoms with Crippen LogP contribution in [0.5, 0.6) is 11.5 Å². The maximum absolute atomic E-state index is 12.1. The SMILES string of the molecule is CCCOc1c(Cl)cc(C(=O)Nc2nncs2)cc1OC. The lowest BCUT2D eigenvalue weighted by Crippen LogP contribution is -2.12. The number of carbonyl (C=O) groups excluding carboxylic acids is 1. The first-order valence-corrected chi connectivity index (χ1v) is 7.49. The topological polar surface area (TPSA) is 73.3 Å². The number of amides is 1. The lowest BCUT2D eigenvalue weighted by atomic mass is 10.2. The monoisotopic (exact) mass is 327 g/mol. The Kier molecular flexibility index (Phi) is 5.35. The molecule has 1 amide bonds. The summed E-state index contributed by atoms with van der Waals surface area (Å²) in [6.07, 6.45) is 0.846. The third-order valence-corrected chi connectivity index (χ3v) is 3.41. The number of rotatable bonds is 6. The van der Waals surface area contributed by atoms with Crippen molar-refractivity contribution in [2.45, 2.75) is 13.3 Å². The fourth-order valence-electron chi connectivity index (χ4n) is 1.59. The Labute approximate surface area is 131 Å². The highest BCUT2D eigenvalue weighted by Crippen LogP contribution is 2.36. The van der Waals surface area contributed by atoms with Crippen molar-refractivity contribution in [2.24, 2.45) is 0 Å². The Morgan fingerprint density at radius 1 is 1.48 bits per heavy atom. The molecule has 1 aromatic heterocycles. The maximum Gasteiger partial charge on any atom is 0.257 e. The number of nitrogens with one attached hydrogen (secondary N) is 1. The van der Waals surface area contributed by atoms with Gasteiger partial charge >= 0.3 is 0 Å². The second kappa shape index (κ2) is 7.24. The molecular formula is C13H14ClN3O3S. The summed E-state index contributed by atoms with van der Waals surface area (Å²) in [7, 11) is 1.50. The fraction of sp³-hybridized carbons (Fsp3) is 0.308. The standard InChI is InChI=1S/C13H14ClN3O3S/c1-3-4-20-11-9(14)5-8(6-10(11)19-2)12(18)16-13-17-15-7-21-13/h5-7H,3-4H2,1-2H3,(H,16,17,18). The van der Waals surface area contributed by atoms with E-state index in [1.165, 1.54) is 30.0 Å². The molecule has 0 aliphatic carbocycles. The number of methoxy groups -OCH3 is 1. The molecule has 6 nitrogen and oxygen atoms in total. The van der Waals surface area contributed by atoms with Gasteiger partial charge < -0.3 is 9.47 Å². The van der Waals surface area contributed by atoms with Gasteiger partial charge in [0.1, 0.15) is 5.51 Å². The number of hydrogen-bond donors (Lipinski definition) is 1. The van der Waals surface area contributed by atoms with Crippen molar-refractivity contribution in [3.8, 4) is 11.5 Å². The average Bonchev–Trinajstić information content (AvgIpc) is 2.98. The van der Waals surface area contributed by atoms with Crippen LogP contribution in [0.2, 0.25) is 5.02 Å². The van der Waals surface area contributed by atoms with E-state index in [0.717, 1.165) is 6.42 Å². The van der Waals surface area contributed by atoms with E-state index in [1.807, 2.05) is 6.92 Å². The first-order valence-electron chi connectivity index (χ1n) is 6.23. The molecule has 2 rings (SSSR count). The number of aromatic nitrogens is 2. The van der Waals surface area contributed by atoms with E-state index in [4.69, 9.17) is 21.1 Å². The van der Waals surface area contributed by atoms with Gasteiger partial charge in [0.2, 0.25) is 5.13 Å². The van der Waals surface area contributed by atoms with Crippen LogP contribution in [0.4, 0.5) is 5.13 Å². The highest BCUT2D eigenvalue weighted by Gasteiger charge is 2.16. The van der Waals surface area contributed by atoms with E-state index < -0.39 is 0 Å². The number of carbonyl (C=O) groups is 1. The molecular weight excluding hydrogens is 314 g/mol. The minimum Gasteiger partial charge on any atom is -0.493 e. The number of halogens is 1. The molecule has 0 unspecified atom stereocenters. The zero-order valence-electron chi connectivity index (χ0n) is 11.6. The molecule has 0 saturated carbocycles. The second-order valence-corrected chi connectivity index (χ2v) is 5.28. The Morgan fingerprint density at radius 2 is 2.29 bits per heavy atom. The molecule has 21 heavy (non-hydrogen) atoms. The predicted octanol–water partition coefficient (Wildman–Crippen LogP) is 3.24. The molecule has 1 N–H and O–H groups in total. The Bertz CT molecular complexity index is 619. The third kappa shape index (κ3) is 3.83. The minimum atomic E-state index is -0.339. The van der Waals surface area contributed by atoms with Crippen molar-refractivity contribution in [2.75, 3.05) is 19.0 Å². The molecule has 0 saturated heterocycles. The van der Waals surface area contributed by atoms with Crippen molar-refractivity contribution in [3.63, 3.8) is 0 Å². The summed E-state index contributed by atoms with van der Waals surface area (Å²) in [5.74, 6) is 0.515. The van der Waals surface area contributed by atoms with Crippen LogP contribution in [0.1, 0.15) is 23.7 Å². The zero-order valence-corrected chi connectivity index (χ0v) is 13.1. The summed E-state index contributed by atoms with van der Waals surface area (Å²) in [6.45, 7) is 2.51. The maximum atomic E-state index is 12.1. The number of nitrogens with zero attached hydrogens (tertiary/aromatic N) is 2. The van der Waals surface area contributed by atoms with E-state index in [9.17, 15) is 4.79 Å². The highest BCUT2D eigenvalue weighted by molar-refractivity contribution is 7.13. The number of anilines is 1. The van der Waals surface area contributed by atoms with Gasteiger partial charge in [-0.25, -0.2) is 0 Å². The zero-order chi connectivity index (χ0) is 15.2. The van der Waals surface area contributed by atoms with Crippen LogP contribution in [0, 0.1) is 0 Å². The van der Waals surface area contributed by atoms with Crippen molar-refractivity contribution in [1.82, 2.24) is 10.2 Å². The number of ether oxygens (including phenoxy) is 2. The molecule has 1 aromatic carbocycles. The lowest BCUT2D eigenvalue weighted by Gasteiger charge is -2.13. The van der Waals surface area contributed by atoms with Crippen LogP contribution in [-0.4, -0.2) is 29.8 Å². The van der Waals surface area contributed by atoms with E-state index >= 15 is 0 Å². The Balaban J connectivity index is 2.24. The number of hydrogen-bond acceptors (Lipinski definition) is 6. The molecule has 8 heteroatoms. The smallest absolute Gasteiger partial charge is 0.257 e. The number of benzene rings is 1. The van der Waals surface area contributed by atoms with Crippen molar-refractivity contribution >= 4 is 34.0 Å². The summed E-state index contributed by atoms with van der Waals surface area (Å²) in [5.41, 5.74) is 1.89. The molecule has 0 bridgehead atoms. The third-order valence-electron chi connectivity index (χ3n) is 2.52. The van der Waals surface area contributed by atoms with Crippen molar-refractivity contribution in [3.05, 3.63) is 28.2 Å². The normalized spacial score (nSPS) is 10.2. The molecule has 0 aliphatic heterocycles. The van der Waals surface area contributed by atoms with Gasteiger partial charge in [0.05, 0.1) is 18.7 Å². The second-order valence-electron chi connectivity index (χ2n) is 4.04. The summed E-state index contributed by atoms with van der Waals surface area (Å²) >= 11 is 7.40. The van der Waals surface area contributed by atoms with E-state index in [1.54, 1.807) is 6.07 Å². The molecule has 0 aliphatic rings. The van der Waals surface area contributed by atoms with Crippen LogP contribution in [0.15, 0.2) is 17.6 Å². The summed E-state index contributed by atoms with van der Waals surface area (Å²) in [4.78, 5) is 12.1. The molecule has 112 valence electrons. The molecule has 0 radical (unpaired) electrons. The van der Waals surface area contributed by atoms with Crippen LogP contribution >= 0.6 is 22.9 Å². The van der Waals surface area contributed by atoms with Gasteiger partial charge in [0.15, 0.2) is 11.5 Å². The summed E-state index contributed by atoms with van der Waals surface area (Å²) in [6, 6.07) is 3.11. The van der Waals surface area contributed by atoms with Gasteiger partial charge in [0, 0.05) is 5.56 Å². The molecule has 0 fully saturated rings. The van der Waals surface area contributed by atoms with Gasteiger partial charge in [-0.3, -0.25) is 10.1 Å². The predicted molar refractivity (Wildman–Crippen MR) is 81.7 cm³/mol. The Morgan fingerprint density at radius 3 is 2.90 bits per heavy atom. The first-order chi connectivity index (χ1) is 10.2. The van der Waals surface area contributed by atoms with Gasteiger partial charge in [-0.05, 0) is 18.6 Å². The van der Waals surface area contributed by atoms with Crippen LogP contribution < -0.4 is 14.8 Å². The van der Waals surface area contributed by atoms with Gasteiger partial charge in [-0.15, -0.1) is 10.2 Å². The van der Waals surface area contributed by atoms with E-state index in [-0.39, 0.29) is 5.91 Å². The molecule has 1 heterocycles. The summed E-state index contributed by atoms with van der Waals surface area (Å²) in [5, 5.41) is 10.8. The fourth-order valence-corrected chi connectivity index (χ4v) is 2.30. The summed E-state index contributed by atoms with van der Waals surface area (Å²) < 4.78 is 10.8. The van der Waals surface area contributed by atoms with Gasteiger partial charge in [-0.1, -0.05) is 29.9 Å². The van der Waals surface area contributed by atoms with E-state index in [2.05, 4.69) is 15.5 Å². The average molecular weight is 328 g/mol. The molecule has 2 aromatic rings. The van der Waals surface area contributed by atoms with Crippen molar-refractivity contribution < 1.29 is 14.3 Å². The molecule has 0 atom stereocenters. The quantitative estimate of drug-likeness (QED) is 0.881. The van der Waals surface area contributed by atoms with Crippen molar-refractivity contribution in [1.29, 1.82) is 0 Å². The first kappa shape index (κ1) is 15.5. The van der Waals surface area contributed by atoms with E-state index in [0.29, 0.717) is 33.8 Å². The van der Waals surface area contributed by atoms with Gasteiger partial charge in [-0.2, -0.15) is 0 Å². The molecule has 0 spiro atoms. The van der Waals surface area contributed by atoms with Crippen LogP contribution in [0.25, 0.3) is 0 Å². The minimum absolute atomic E-state index is 0.324.